The van der Waals surface area contributed by atoms with Crippen molar-refractivity contribution in [1.29, 1.82) is 0 Å². The number of carbonyl (C=O) groups excluding carboxylic acids is 2. The number of fused-ring (bicyclic) bond motifs is 1. The summed E-state index contributed by atoms with van der Waals surface area (Å²) in [6.45, 7) is 6.16. The van der Waals surface area contributed by atoms with E-state index in [-0.39, 0.29) is 24.3 Å². The van der Waals surface area contributed by atoms with E-state index >= 15 is 0 Å². The molecule has 1 unspecified atom stereocenters. The van der Waals surface area contributed by atoms with Crippen LogP contribution >= 0.6 is 0 Å². The van der Waals surface area contributed by atoms with Crippen LogP contribution in [0, 0.1) is 0 Å². The minimum absolute atomic E-state index is 0.000846. The van der Waals surface area contributed by atoms with Crippen molar-refractivity contribution in [2.24, 2.45) is 0 Å². The summed E-state index contributed by atoms with van der Waals surface area (Å²) in [5, 5.41) is 2.86. The molecule has 0 bridgehead atoms. The number of nitrogens with one attached hydrogen (secondary N) is 1. The average Bonchev–Trinajstić information content (AvgIpc) is 3.04. The molecule has 24 heavy (non-hydrogen) atoms. The minimum Gasteiger partial charge on any atom is -0.348 e. The fraction of sp³-hybridized carbons (Fsp3) is 0.389. The van der Waals surface area contributed by atoms with Crippen molar-refractivity contribution in [2.45, 2.75) is 39.3 Å². The summed E-state index contributed by atoms with van der Waals surface area (Å²) < 4.78 is 1.62. The van der Waals surface area contributed by atoms with Crippen molar-refractivity contribution in [3.05, 3.63) is 41.9 Å². The molecule has 6 heteroatoms. The number of likely N-dealkylation sites (N-methyl/N-ethyl adjacent to an activating group) is 1. The number of nitrogens with zero attached hydrogens (tertiary/aromatic N) is 3. The smallest absolute Gasteiger partial charge is 0.244 e. The third-order valence-corrected chi connectivity index (χ3v) is 4.52. The Bertz CT molecular complexity index is 777. The van der Waals surface area contributed by atoms with Crippen molar-refractivity contribution in [2.75, 3.05) is 17.3 Å². The predicted molar refractivity (Wildman–Crippen MR) is 93.6 cm³/mol. The predicted octanol–water partition coefficient (Wildman–Crippen LogP) is 2.67. The van der Waals surface area contributed by atoms with Crippen LogP contribution in [0.25, 0.3) is 0 Å². The van der Waals surface area contributed by atoms with Gasteiger partial charge in [0.2, 0.25) is 11.7 Å². The SMILES string of the molecule is CC(C)c1ccc(NC(=O)Cn2cnc3c2C(=O)C(C)N3C)cc1. The Morgan fingerprint density at radius 3 is 2.58 bits per heavy atom. The van der Waals surface area contributed by atoms with Gasteiger partial charge in [0.25, 0.3) is 0 Å². The van der Waals surface area contributed by atoms with Crippen molar-refractivity contribution in [1.82, 2.24) is 9.55 Å². The second-order valence-corrected chi connectivity index (χ2v) is 6.52. The van der Waals surface area contributed by atoms with Crippen molar-refractivity contribution < 1.29 is 9.59 Å². The van der Waals surface area contributed by atoms with Gasteiger partial charge in [0.15, 0.2) is 5.82 Å². The van der Waals surface area contributed by atoms with E-state index in [1.54, 1.807) is 10.9 Å². The fourth-order valence-electron chi connectivity index (χ4n) is 2.87. The highest BCUT2D eigenvalue weighted by atomic mass is 16.2. The number of aromatic nitrogens is 2. The van der Waals surface area contributed by atoms with Gasteiger partial charge >= 0.3 is 0 Å². The molecule has 2 heterocycles. The van der Waals surface area contributed by atoms with Gasteiger partial charge in [-0.15, -0.1) is 0 Å². The monoisotopic (exact) mass is 326 g/mol. The van der Waals surface area contributed by atoms with Crippen molar-refractivity contribution in [3.63, 3.8) is 0 Å². The van der Waals surface area contributed by atoms with E-state index in [2.05, 4.69) is 24.1 Å². The van der Waals surface area contributed by atoms with Gasteiger partial charge in [0.05, 0.1) is 12.4 Å². The molecule has 0 saturated carbocycles. The molecule has 2 aromatic rings. The molecule has 0 saturated heterocycles. The molecular weight excluding hydrogens is 304 g/mol. The molecule has 1 amide bonds. The second-order valence-electron chi connectivity index (χ2n) is 6.52. The van der Waals surface area contributed by atoms with E-state index in [1.807, 2.05) is 43.1 Å². The largest absolute Gasteiger partial charge is 0.348 e. The van der Waals surface area contributed by atoms with Gasteiger partial charge < -0.3 is 14.8 Å². The first-order chi connectivity index (χ1) is 11.4. The van der Waals surface area contributed by atoms with Gasteiger partial charge in [0, 0.05) is 12.7 Å². The molecule has 126 valence electrons. The van der Waals surface area contributed by atoms with E-state index in [9.17, 15) is 9.59 Å². The summed E-state index contributed by atoms with van der Waals surface area (Å²) in [7, 11) is 1.84. The van der Waals surface area contributed by atoms with Gasteiger partial charge in [-0.1, -0.05) is 26.0 Å². The van der Waals surface area contributed by atoms with Crippen LogP contribution in [-0.4, -0.2) is 34.3 Å². The summed E-state index contributed by atoms with van der Waals surface area (Å²) in [6, 6.07) is 7.57. The van der Waals surface area contributed by atoms with E-state index < -0.39 is 0 Å². The first-order valence-electron chi connectivity index (χ1n) is 8.10. The van der Waals surface area contributed by atoms with E-state index in [0.29, 0.717) is 17.4 Å². The molecule has 1 aliphatic rings. The number of benzene rings is 1. The lowest BCUT2D eigenvalue weighted by molar-refractivity contribution is -0.116. The Labute approximate surface area is 141 Å². The number of rotatable bonds is 4. The van der Waals surface area contributed by atoms with Gasteiger partial charge in [-0.05, 0) is 30.5 Å². The van der Waals surface area contributed by atoms with Gasteiger partial charge in [0.1, 0.15) is 12.2 Å². The average molecular weight is 326 g/mol. The zero-order valence-electron chi connectivity index (χ0n) is 14.4. The number of ketones is 1. The molecule has 1 atom stereocenters. The summed E-state index contributed by atoms with van der Waals surface area (Å²) in [5.41, 5.74) is 2.48. The lowest BCUT2D eigenvalue weighted by atomic mass is 10.0. The molecule has 1 aromatic heterocycles. The first kappa shape index (κ1) is 16.2. The summed E-state index contributed by atoms with van der Waals surface area (Å²) >= 11 is 0. The maximum absolute atomic E-state index is 12.3. The molecule has 3 rings (SSSR count). The first-order valence-corrected chi connectivity index (χ1v) is 8.10. The minimum atomic E-state index is -0.235. The van der Waals surface area contributed by atoms with Crippen LogP contribution in [0.4, 0.5) is 11.5 Å². The summed E-state index contributed by atoms with van der Waals surface area (Å²) in [4.78, 5) is 30.7. The highest BCUT2D eigenvalue weighted by Gasteiger charge is 2.36. The van der Waals surface area contributed by atoms with Crippen molar-refractivity contribution >= 4 is 23.2 Å². The Balaban J connectivity index is 1.71. The van der Waals surface area contributed by atoms with Crippen molar-refractivity contribution in [3.8, 4) is 0 Å². The summed E-state index contributed by atoms with van der Waals surface area (Å²) in [6.07, 6.45) is 1.55. The number of carbonyl (C=O) groups is 2. The van der Waals surface area contributed by atoms with E-state index in [0.717, 1.165) is 5.69 Å². The molecule has 0 radical (unpaired) electrons. The molecule has 1 aromatic carbocycles. The zero-order chi connectivity index (χ0) is 17.4. The zero-order valence-corrected chi connectivity index (χ0v) is 14.4. The standard InChI is InChI=1S/C18H22N4O2/c1-11(2)13-5-7-14(8-6-13)20-15(23)9-22-10-19-18-16(22)17(24)12(3)21(18)4/h5-8,10-12H,9H2,1-4H3,(H,20,23). The van der Waals surface area contributed by atoms with Crippen LogP contribution in [0.5, 0.6) is 0 Å². The number of hydrogen-bond donors (Lipinski definition) is 1. The number of Topliss-reactive ketones (excluding diaryl/α,β-unsaturated/α-hetero) is 1. The number of anilines is 2. The third-order valence-electron chi connectivity index (χ3n) is 4.52. The van der Waals surface area contributed by atoms with Crippen LogP contribution in [0.15, 0.2) is 30.6 Å². The van der Waals surface area contributed by atoms with Gasteiger partial charge in [-0.25, -0.2) is 4.98 Å². The van der Waals surface area contributed by atoms with Gasteiger partial charge in [-0.3, -0.25) is 9.59 Å². The number of imidazole rings is 1. The Morgan fingerprint density at radius 1 is 1.29 bits per heavy atom. The van der Waals surface area contributed by atoms with Crippen LogP contribution in [0.1, 0.15) is 42.7 Å². The Morgan fingerprint density at radius 2 is 1.96 bits per heavy atom. The van der Waals surface area contributed by atoms with Crippen LogP contribution in [0.3, 0.4) is 0 Å². The molecule has 1 aliphatic heterocycles. The topological polar surface area (TPSA) is 67.2 Å². The Kier molecular flexibility index (Phi) is 4.13. The second kappa shape index (κ2) is 6.11. The normalized spacial score (nSPS) is 16.6. The fourth-order valence-corrected chi connectivity index (χ4v) is 2.87. The maximum Gasteiger partial charge on any atom is 0.244 e. The molecule has 0 aliphatic carbocycles. The quantitative estimate of drug-likeness (QED) is 0.938. The van der Waals surface area contributed by atoms with E-state index in [4.69, 9.17) is 0 Å². The number of hydrogen-bond acceptors (Lipinski definition) is 4. The molecule has 0 fully saturated rings. The highest BCUT2D eigenvalue weighted by Crippen LogP contribution is 2.29. The highest BCUT2D eigenvalue weighted by molar-refractivity contribution is 6.08. The molecule has 6 nitrogen and oxygen atoms in total. The van der Waals surface area contributed by atoms with Gasteiger partial charge in [-0.2, -0.15) is 0 Å². The molecule has 0 spiro atoms. The number of amides is 1. The lowest BCUT2D eigenvalue weighted by Crippen LogP contribution is -2.29. The Hall–Kier alpha value is -2.63. The molecule has 1 N–H and O–H groups in total. The maximum atomic E-state index is 12.3. The van der Waals surface area contributed by atoms with Crippen LogP contribution in [0.2, 0.25) is 0 Å². The lowest BCUT2D eigenvalue weighted by Gasteiger charge is -2.14. The third kappa shape index (κ3) is 2.79. The van der Waals surface area contributed by atoms with Crippen LogP contribution < -0.4 is 10.2 Å². The van der Waals surface area contributed by atoms with E-state index in [1.165, 1.54) is 5.56 Å². The van der Waals surface area contributed by atoms with Crippen LogP contribution in [-0.2, 0) is 11.3 Å². The summed E-state index contributed by atoms with van der Waals surface area (Å²) in [5.74, 6) is 0.913. The molecular formula is C18H22N4O2.